The Labute approximate surface area is 160 Å². The summed E-state index contributed by atoms with van der Waals surface area (Å²) >= 11 is 0. The lowest BCUT2D eigenvalue weighted by molar-refractivity contribution is -0.138. The van der Waals surface area contributed by atoms with Crippen molar-refractivity contribution < 1.29 is 21.8 Å². The number of hydrogen-bond acceptors (Lipinski definition) is 5. The first kappa shape index (κ1) is 19.5. The maximum absolute atomic E-state index is 13.1. The number of carbonyl (C=O) groups excluding carboxylic acids is 1. The van der Waals surface area contributed by atoms with Crippen molar-refractivity contribution in [3.05, 3.63) is 54.0 Å². The van der Waals surface area contributed by atoms with Crippen LogP contribution in [-0.4, -0.2) is 25.5 Å². The first-order valence-electron chi connectivity index (χ1n) is 9.20. The van der Waals surface area contributed by atoms with Crippen LogP contribution in [0.2, 0.25) is 0 Å². The minimum Gasteiger partial charge on any atom is -0.467 e. The molecule has 0 spiro atoms. The molecule has 0 aliphatic heterocycles. The van der Waals surface area contributed by atoms with Crippen LogP contribution >= 0.6 is 0 Å². The topological polar surface area (TPSA) is 76.8 Å². The van der Waals surface area contributed by atoms with Crippen LogP contribution in [0.5, 0.6) is 5.75 Å². The standard InChI is InChI=1S/C20H25NO5S/c1-27(23,24)26-18-10-5-7-16(13-18)14-21(15-19-11-6-12-25-19)20(22)17-8-3-2-4-9-17/h5-7,10-13,17H,2-4,8-9,14-15H2,1H3. The Balaban J connectivity index is 1.78. The van der Waals surface area contributed by atoms with E-state index in [1.807, 2.05) is 12.1 Å². The minimum atomic E-state index is -3.59. The number of furan rings is 1. The van der Waals surface area contributed by atoms with Gasteiger partial charge in [0.05, 0.1) is 19.1 Å². The molecule has 0 atom stereocenters. The molecule has 3 rings (SSSR count). The van der Waals surface area contributed by atoms with Gasteiger partial charge in [0.1, 0.15) is 11.5 Å². The Bertz CT molecular complexity index is 854. The second-order valence-corrected chi connectivity index (χ2v) is 8.62. The molecule has 1 fully saturated rings. The van der Waals surface area contributed by atoms with Crippen molar-refractivity contribution in [3.63, 3.8) is 0 Å². The van der Waals surface area contributed by atoms with Gasteiger partial charge < -0.3 is 13.5 Å². The van der Waals surface area contributed by atoms with Crippen LogP contribution < -0.4 is 4.18 Å². The largest absolute Gasteiger partial charge is 0.467 e. The van der Waals surface area contributed by atoms with E-state index in [4.69, 9.17) is 8.60 Å². The number of amides is 1. The molecule has 1 heterocycles. The molecular weight excluding hydrogens is 366 g/mol. The lowest BCUT2D eigenvalue weighted by Crippen LogP contribution is -2.36. The first-order chi connectivity index (χ1) is 12.9. The van der Waals surface area contributed by atoms with Gasteiger partial charge in [-0.1, -0.05) is 31.4 Å². The predicted octanol–water partition coefficient (Wildman–Crippen LogP) is 3.73. The third-order valence-electron chi connectivity index (χ3n) is 4.71. The fraction of sp³-hybridized carbons (Fsp3) is 0.450. The van der Waals surface area contributed by atoms with Crippen LogP contribution in [-0.2, 0) is 28.0 Å². The third-order valence-corrected chi connectivity index (χ3v) is 5.21. The van der Waals surface area contributed by atoms with Gasteiger partial charge in [-0.25, -0.2) is 0 Å². The van der Waals surface area contributed by atoms with E-state index in [1.165, 1.54) is 6.42 Å². The summed E-state index contributed by atoms with van der Waals surface area (Å²) in [5, 5.41) is 0. The molecule has 0 saturated heterocycles. The van der Waals surface area contributed by atoms with Crippen molar-refractivity contribution in [2.75, 3.05) is 6.26 Å². The molecule has 0 bridgehead atoms. The van der Waals surface area contributed by atoms with Crippen molar-refractivity contribution in [1.29, 1.82) is 0 Å². The molecule has 7 heteroatoms. The van der Waals surface area contributed by atoms with Crippen LogP contribution in [0, 0.1) is 5.92 Å². The van der Waals surface area contributed by atoms with Crippen LogP contribution in [0.3, 0.4) is 0 Å². The second-order valence-electron chi connectivity index (χ2n) is 7.04. The Morgan fingerprint density at radius 3 is 2.59 bits per heavy atom. The third kappa shape index (κ3) is 5.85. The van der Waals surface area contributed by atoms with E-state index in [2.05, 4.69) is 0 Å². The van der Waals surface area contributed by atoms with Gasteiger partial charge in [-0.15, -0.1) is 0 Å². The molecular formula is C20H25NO5S. The number of nitrogens with zero attached hydrogens (tertiary/aromatic N) is 1. The smallest absolute Gasteiger partial charge is 0.306 e. The van der Waals surface area contributed by atoms with Crippen LogP contribution in [0.25, 0.3) is 0 Å². The molecule has 146 valence electrons. The number of rotatable bonds is 7. The molecule has 1 amide bonds. The molecule has 2 aromatic rings. The molecule has 0 unspecified atom stereocenters. The zero-order valence-corrected chi connectivity index (χ0v) is 16.3. The van der Waals surface area contributed by atoms with Gasteiger partial charge in [-0.2, -0.15) is 8.42 Å². The molecule has 1 aromatic carbocycles. The molecule has 1 aliphatic carbocycles. The van der Waals surface area contributed by atoms with Crippen molar-refractivity contribution in [3.8, 4) is 5.75 Å². The van der Waals surface area contributed by atoms with Gasteiger partial charge >= 0.3 is 10.1 Å². The van der Waals surface area contributed by atoms with Crippen LogP contribution in [0.4, 0.5) is 0 Å². The Morgan fingerprint density at radius 1 is 1.15 bits per heavy atom. The molecule has 6 nitrogen and oxygen atoms in total. The number of hydrogen-bond donors (Lipinski definition) is 0. The summed E-state index contributed by atoms with van der Waals surface area (Å²) in [6, 6.07) is 10.5. The zero-order valence-electron chi connectivity index (χ0n) is 15.5. The van der Waals surface area contributed by atoms with Gasteiger partial charge in [0.2, 0.25) is 5.91 Å². The molecule has 27 heavy (non-hydrogen) atoms. The number of carbonyl (C=O) groups is 1. The van der Waals surface area contributed by atoms with E-state index >= 15 is 0 Å². The van der Waals surface area contributed by atoms with Gasteiger partial charge in [0.25, 0.3) is 0 Å². The Morgan fingerprint density at radius 2 is 1.93 bits per heavy atom. The van der Waals surface area contributed by atoms with E-state index in [-0.39, 0.29) is 17.6 Å². The molecule has 1 aromatic heterocycles. The zero-order chi connectivity index (χ0) is 19.3. The molecule has 0 radical (unpaired) electrons. The fourth-order valence-corrected chi connectivity index (χ4v) is 3.95. The normalized spacial score (nSPS) is 15.4. The van der Waals surface area contributed by atoms with Crippen molar-refractivity contribution >= 4 is 16.0 Å². The van der Waals surface area contributed by atoms with E-state index < -0.39 is 10.1 Å². The maximum atomic E-state index is 13.1. The van der Waals surface area contributed by atoms with Crippen molar-refractivity contribution in [1.82, 2.24) is 4.90 Å². The quantitative estimate of drug-likeness (QED) is 0.672. The van der Waals surface area contributed by atoms with E-state index in [9.17, 15) is 13.2 Å². The van der Waals surface area contributed by atoms with Gasteiger partial charge in [0.15, 0.2) is 0 Å². The fourth-order valence-electron chi connectivity index (χ4n) is 3.50. The Kier molecular flexibility index (Phi) is 6.21. The molecule has 1 aliphatic rings. The van der Waals surface area contributed by atoms with Gasteiger partial charge in [-0.05, 0) is 42.7 Å². The Hall–Kier alpha value is -2.28. The summed E-state index contributed by atoms with van der Waals surface area (Å²) in [5.74, 6) is 1.14. The average Bonchev–Trinajstić information content (AvgIpc) is 3.13. The lowest BCUT2D eigenvalue weighted by atomic mass is 9.88. The van der Waals surface area contributed by atoms with Gasteiger partial charge in [-0.3, -0.25) is 4.79 Å². The average molecular weight is 391 g/mol. The highest BCUT2D eigenvalue weighted by molar-refractivity contribution is 7.86. The van der Waals surface area contributed by atoms with Gasteiger partial charge in [0, 0.05) is 12.5 Å². The second kappa shape index (κ2) is 8.61. The SMILES string of the molecule is CS(=O)(=O)Oc1cccc(CN(Cc2ccco2)C(=O)C2CCCCC2)c1. The summed E-state index contributed by atoms with van der Waals surface area (Å²) in [6.07, 6.45) is 7.81. The summed E-state index contributed by atoms with van der Waals surface area (Å²) in [6.45, 7) is 0.760. The maximum Gasteiger partial charge on any atom is 0.306 e. The first-order valence-corrected chi connectivity index (χ1v) is 11.0. The highest BCUT2D eigenvalue weighted by atomic mass is 32.2. The summed E-state index contributed by atoms with van der Waals surface area (Å²) in [5.41, 5.74) is 0.812. The highest BCUT2D eigenvalue weighted by Gasteiger charge is 2.26. The minimum absolute atomic E-state index is 0.0455. The lowest BCUT2D eigenvalue weighted by Gasteiger charge is -2.29. The predicted molar refractivity (Wildman–Crippen MR) is 101 cm³/mol. The van der Waals surface area contributed by atoms with Crippen LogP contribution in [0.1, 0.15) is 43.4 Å². The summed E-state index contributed by atoms with van der Waals surface area (Å²) in [4.78, 5) is 14.9. The van der Waals surface area contributed by atoms with E-state index in [0.29, 0.717) is 13.1 Å². The van der Waals surface area contributed by atoms with Crippen LogP contribution in [0.15, 0.2) is 47.1 Å². The van der Waals surface area contributed by atoms with Crippen molar-refractivity contribution in [2.45, 2.75) is 45.2 Å². The monoisotopic (exact) mass is 391 g/mol. The van der Waals surface area contributed by atoms with E-state index in [0.717, 1.165) is 43.3 Å². The number of benzene rings is 1. The van der Waals surface area contributed by atoms with E-state index in [1.54, 1.807) is 35.4 Å². The summed E-state index contributed by atoms with van der Waals surface area (Å²) in [7, 11) is -3.59. The summed E-state index contributed by atoms with van der Waals surface area (Å²) < 4.78 is 33.1. The highest BCUT2D eigenvalue weighted by Crippen LogP contribution is 2.27. The van der Waals surface area contributed by atoms with Crippen molar-refractivity contribution in [2.24, 2.45) is 5.92 Å². The molecule has 1 saturated carbocycles. The molecule has 0 N–H and O–H groups in total.